The number of fused-ring (bicyclic) bond motifs is 1. The SMILES string of the molecule is NNC(c1ccccc1F)C1COc2ccccc2O1. The average molecular weight is 274 g/mol. The Labute approximate surface area is 116 Å². The highest BCUT2D eigenvalue weighted by Gasteiger charge is 2.30. The lowest BCUT2D eigenvalue weighted by molar-refractivity contribution is 0.0607. The Morgan fingerprint density at radius 1 is 1.10 bits per heavy atom. The maximum atomic E-state index is 13.9. The number of hydrogen-bond donors (Lipinski definition) is 2. The molecule has 4 nitrogen and oxygen atoms in total. The molecule has 2 aromatic carbocycles. The van der Waals surface area contributed by atoms with Crippen LogP contribution in [0, 0.1) is 5.82 Å². The van der Waals surface area contributed by atoms with E-state index in [0.29, 0.717) is 23.7 Å². The van der Waals surface area contributed by atoms with Crippen molar-refractivity contribution in [3.8, 4) is 11.5 Å². The van der Waals surface area contributed by atoms with Crippen LogP contribution in [-0.2, 0) is 0 Å². The molecule has 0 aromatic heterocycles. The summed E-state index contributed by atoms with van der Waals surface area (Å²) in [6.07, 6.45) is -0.396. The molecule has 0 aliphatic carbocycles. The van der Waals surface area contributed by atoms with Gasteiger partial charge in [0.05, 0.1) is 6.04 Å². The molecular weight excluding hydrogens is 259 g/mol. The van der Waals surface area contributed by atoms with E-state index >= 15 is 0 Å². The van der Waals surface area contributed by atoms with E-state index in [4.69, 9.17) is 15.3 Å². The highest BCUT2D eigenvalue weighted by atomic mass is 19.1. The van der Waals surface area contributed by atoms with Crippen molar-refractivity contribution < 1.29 is 13.9 Å². The first-order valence-electron chi connectivity index (χ1n) is 6.38. The van der Waals surface area contributed by atoms with Crippen LogP contribution in [0.25, 0.3) is 0 Å². The van der Waals surface area contributed by atoms with Gasteiger partial charge in [0, 0.05) is 5.56 Å². The first-order chi connectivity index (χ1) is 9.79. The zero-order chi connectivity index (χ0) is 13.9. The van der Waals surface area contributed by atoms with Crippen LogP contribution in [0.4, 0.5) is 4.39 Å². The first-order valence-corrected chi connectivity index (χ1v) is 6.38. The van der Waals surface area contributed by atoms with Gasteiger partial charge in [-0.2, -0.15) is 0 Å². The number of hydrazine groups is 1. The molecule has 1 aliphatic rings. The first kappa shape index (κ1) is 12.9. The lowest BCUT2D eigenvalue weighted by Gasteiger charge is -2.32. The number of halogens is 1. The fourth-order valence-electron chi connectivity index (χ4n) is 2.32. The number of nitrogens with two attached hydrogens (primary N) is 1. The minimum Gasteiger partial charge on any atom is -0.486 e. The largest absolute Gasteiger partial charge is 0.486 e. The Balaban J connectivity index is 1.87. The van der Waals surface area contributed by atoms with Gasteiger partial charge < -0.3 is 9.47 Å². The molecule has 3 N–H and O–H groups in total. The zero-order valence-corrected chi connectivity index (χ0v) is 10.8. The number of hydrogen-bond acceptors (Lipinski definition) is 4. The van der Waals surface area contributed by atoms with Crippen LogP contribution in [0.5, 0.6) is 11.5 Å². The zero-order valence-electron chi connectivity index (χ0n) is 10.8. The van der Waals surface area contributed by atoms with Crippen molar-refractivity contribution in [2.24, 2.45) is 5.84 Å². The molecule has 1 aliphatic heterocycles. The fourth-order valence-corrected chi connectivity index (χ4v) is 2.32. The van der Waals surface area contributed by atoms with Crippen LogP contribution in [0.3, 0.4) is 0 Å². The molecule has 0 radical (unpaired) electrons. The monoisotopic (exact) mass is 274 g/mol. The second kappa shape index (κ2) is 5.48. The Bertz CT molecular complexity index is 606. The summed E-state index contributed by atoms with van der Waals surface area (Å²) in [5.74, 6) is 6.58. The van der Waals surface area contributed by atoms with Gasteiger partial charge in [0.25, 0.3) is 0 Å². The van der Waals surface area contributed by atoms with E-state index in [1.807, 2.05) is 24.3 Å². The molecule has 0 amide bonds. The second-order valence-corrected chi connectivity index (χ2v) is 4.58. The number of benzene rings is 2. The summed E-state index contributed by atoms with van der Waals surface area (Å²) in [6.45, 7) is 0.306. The van der Waals surface area contributed by atoms with Gasteiger partial charge in [-0.15, -0.1) is 0 Å². The summed E-state index contributed by atoms with van der Waals surface area (Å²) in [7, 11) is 0. The molecule has 0 bridgehead atoms. The Hall–Kier alpha value is -2.11. The van der Waals surface area contributed by atoms with Gasteiger partial charge in [-0.25, -0.2) is 9.82 Å². The maximum absolute atomic E-state index is 13.9. The van der Waals surface area contributed by atoms with Crippen molar-refractivity contribution in [1.82, 2.24) is 5.43 Å². The molecule has 20 heavy (non-hydrogen) atoms. The minimum absolute atomic E-state index is 0.306. The smallest absolute Gasteiger partial charge is 0.161 e. The molecule has 0 fully saturated rings. The van der Waals surface area contributed by atoms with E-state index in [-0.39, 0.29) is 5.82 Å². The summed E-state index contributed by atoms with van der Waals surface area (Å²) in [4.78, 5) is 0. The van der Waals surface area contributed by atoms with Gasteiger partial charge in [-0.05, 0) is 18.2 Å². The van der Waals surface area contributed by atoms with Gasteiger partial charge in [-0.3, -0.25) is 5.84 Å². The van der Waals surface area contributed by atoms with E-state index < -0.39 is 12.1 Å². The molecule has 0 saturated carbocycles. The minimum atomic E-state index is -0.482. The standard InChI is InChI=1S/C15H15FN2O2/c16-11-6-2-1-5-10(11)15(18-17)14-9-19-12-7-3-4-8-13(12)20-14/h1-8,14-15,18H,9,17H2. The Morgan fingerprint density at radius 3 is 2.55 bits per heavy atom. The molecular formula is C15H15FN2O2. The van der Waals surface area contributed by atoms with E-state index in [1.54, 1.807) is 18.2 Å². The van der Waals surface area contributed by atoms with Crippen LogP contribution in [0.15, 0.2) is 48.5 Å². The van der Waals surface area contributed by atoms with Crippen molar-refractivity contribution in [2.75, 3.05) is 6.61 Å². The van der Waals surface area contributed by atoms with Gasteiger partial charge in [-0.1, -0.05) is 30.3 Å². The van der Waals surface area contributed by atoms with Crippen molar-refractivity contribution >= 4 is 0 Å². The van der Waals surface area contributed by atoms with Crippen LogP contribution < -0.4 is 20.7 Å². The molecule has 2 atom stereocenters. The molecule has 2 unspecified atom stereocenters. The molecule has 0 saturated heterocycles. The molecule has 1 heterocycles. The highest BCUT2D eigenvalue weighted by Crippen LogP contribution is 2.34. The number of rotatable bonds is 3. The third kappa shape index (κ3) is 2.33. The van der Waals surface area contributed by atoms with E-state index in [0.717, 1.165) is 0 Å². The Morgan fingerprint density at radius 2 is 1.80 bits per heavy atom. The van der Waals surface area contributed by atoms with Gasteiger partial charge in [0.1, 0.15) is 12.4 Å². The van der Waals surface area contributed by atoms with Crippen LogP contribution in [-0.4, -0.2) is 12.7 Å². The third-order valence-electron chi connectivity index (χ3n) is 3.32. The van der Waals surface area contributed by atoms with Gasteiger partial charge in [0.15, 0.2) is 17.6 Å². The Kier molecular flexibility index (Phi) is 3.54. The molecule has 5 heteroatoms. The third-order valence-corrected chi connectivity index (χ3v) is 3.32. The molecule has 0 spiro atoms. The van der Waals surface area contributed by atoms with Crippen LogP contribution in [0.1, 0.15) is 11.6 Å². The lowest BCUT2D eigenvalue weighted by Crippen LogP contribution is -2.44. The van der Waals surface area contributed by atoms with Gasteiger partial charge in [0.2, 0.25) is 0 Å². The quantitative estimate of drug-likeness (QED) is 0.665. The average Bonchev–Trinajstić information content (AvgIpc) is 2.50. The topological polar surface area (TPSA) is 56.5 Å². The lowest BCUT2D eigenvalue weighted by atomic mass is 10.0. The van der Waals surface area contributed by atoms with E-state index in [1.165, 1.54) is 6.07 Å². The van der Waals surface area contributed by atoms with Crippen LogP contribution in [0.2, 0.25) is 0 Å². The molecule has 104 valence electrons. The van der Waals surface area contributed by atoms with Gasteiger partial charge >= 0.3 is 0 Å². The van der Waals surface area contributed by atoms with Crippen molar-refractivity contribution in [2.45, 2.75) is 12.1 Å². The number of ether oxygens (including phenoxy) is 2. The fraction of sp³-hybridized carbons (Fsp3) is 0.200. The van der Waals surface area contributed by atoms with Crippen molar-refractivity contribution in [1.29, 1.82) is 0 Å². The van der Waals surface area contributed by atoms with E-state index in [9.17, 15) is 4.39 Å². The summed E-state index contributed by atoms with van der Waals surface area (Å²) in [5, 5.41) is 0. The van der Waals surface area contributed by atoms with Crippen molar-refractivity contribution in [3.63, 3.8) is 0 Å². The number of para-hydroxylation sites is 2. The van der Waals surface area contributed by atoms with E-state index in [2.05, 4.69) is 5.43 Å². The predicted molar refractivity (Wildman–Crippen MR) is 72.8 cm³/mol. The molecule has 2 aromatic rings. The van der Waals surface area contributed by atoms with Crippen molar-refractivity contribution in [3.05, 3.63) is 59.9 Å². The summed E-state index contributed by atoms with van der Waals surface area (Å²) < 4.78 is 25.4. The highest BCUT2D eigenvalue weighted by molar-refractivity contribution is 5.41. The number of nitrogens with one attached hydrogen (secondary N) is 1. The summed E-state index contributed by atoms with van der Waals surface area (Å²) in [6, 6.07) is 13.4. The second-order valence-electron chi connectivity index (χ2n) is 4.58. The van der Waals surface area contributed by atoms with Crippen LogP contribution >= 0.6 is 0 Å². The summed E-state index contributed by atoms with van der Waals surface area (Å²) in [5.41, 5.74) is 3.08. The normalized spacial score (nSPS) is 18.6. The predicted octanol–water partition coefficient (Wildman–Crippen LogP) is 2.17. The summed E-state index contributed by atoms with van der Waals surface area (Å²) >= 11 is 0. The maximum Gasteiger partial charge on any atom is 0.161 e. The molecule has 3 rings (SSSR count).